The average Bonchev–Trinajstić information content (AvgIpc) is 2.27. The van der Waals surface area contributed by atoms with Gasteiger partial charge in [-0.3, -0.25) is 10.1 Å². The summed E-state index contributed by atoms with van der Waals surface area (Å²) in [6.07, 6.45) is 0. The summed E-state index contributed by atoms with van der Waals surface area (Å²) in [6, 6.07) is 6.65. The Bertz CT molecular complexity index is 456. The topological polar surface area (TPSA) is 113 Å². The van der Waals surface area contributed by atoms with Crippen molar-refractivity contribution in [1.82, 2.24) is 0 Å². The van der Waals surface area contributed by atoms with Crippen LogP contribution in [0.4, 0.5) is 5.69 Å². The predicted octanol–water partition coefficient (Wildman–Crippen LogP) is 1.30. The van der Waals surface area contributed by atoms with Crippen molar-refractivity contribution in [2.75, 3.05) is 0 Å². The summed E-state index contributed by atoms with van der Waals surface area (Å²) >= 11 is 0. The first-order chi connectivity index (χ1) is 7.06. The molecule has 0 saturated heterocycles. The molecule has 0 aromatic heterocycles. The molecule has 0 heterocycles. The SMILES string of the molecule is N#C/C(N)=C(/O)c1ccc([N+](=O)[O-])cc1. The van der Waals surface area contributed by atoms with Crippen molar-refractivity contribution < 1.29 is 10.0 Å². The molecule has 0 fully saturated rings. The summed E-state index contributed by atoms with van der Waals surface area (Å²) in [6.45, 7) is 0. The summed E-state index contributed by atoms with van der Waals surface area (Å²) in [5, 5.41) is 28.1. The molecule has 6 nitrogen and oxygen atoms in total. The van der Waals surface area contributed by atoms with Gasteiger partial charge < -0.3 is 10.8 Å². The Kier molecular flexibility index (Phi) is 2.88. The van der Waals surface area contributed by atoms with Crippen LogP contribution in [0, 0.1) is 21.4 Å². The molecule has 0 amide bonds. The van der Waals surface area contributed by atoms with Crippen LogP contribution >= 0.6 is 0 Å². The van der Waals surface area contributed by atoms with Gasteiger partial charge in [0.25, 0.3) is 5.69 Å². The minimum absolute atomic E-state index is 0.0953. The van der Waals surface area contributed by atoms with Gasteiger partial charge in [0.1, 0.15) is 6.07 Å². The fourth-order valence-electron chi connectivity index (χ4n) is 0.949. The maximum absolute atomic E-state index is 10.3. The number of nitro benzene ring substituents is 1. The molecule has 1 aromatic rings. The smallest absolute Gasteiger partial charge is 0.269 e. The highest BCUT2D eigenvalue weighted by atomic mass is 16.6. The molecule has 15 heavy (non-hydrogen) atoms. The Labute approximate surface area is 85.0 Å². The van der Waals surface area contributed by atoms with Crippen molar-refractivity contribution in [3.05, 3.63) is 45.6 Å². The summed E-state index contributed by atoms with van der Waals surface area (Å²) in [5.74, 6) is -0.382. The first-order valence-corrected chi connectivity index (χ1v) is 3.90. The zero-order valence-corrected chi connectivity index (χ0v) is 7.54. The molecule has 1 rings (SSSR count). The fraction of sp³-hybridized carbons (Fsp3) is 0. The highest BCUT2D eigenvalue weighted by molar-refractivity contribution is 5.65. The number of rotatable bonds is 2. The number of nitriles is 1. The van der Waals surface area contributed by atoms with Crippen LogP contribution in [0.25, 0.3) is 5.76 Å². The van der Waals surface area contributed by atoms with Gasteiger partial charge in [0, 0.05) is 17.7 Å². The van der Waals surface area contributed by atoms with Crippen molar-refractivity contribution in [3.63, 3.8) is 0 Å². The van der Waals surface area contributed by atoms with Gasteiger partial charge in [0.15, 0.2) is 11.5 Å². The Hall–Kier alpha value is -2.55. The van der Waals surface area contributed by atoms with Gasteiger partial charge in [0.05, 0.1) is 4.92 Å². The van der Waals surface area contributed by atoms with E-state index >= 15 is 0 Å². The number of hydrogen-bond donors (Lipinski definition) is 2. The van der Waals surface area contributed by atoms with Gasteiger partial charge in [-0.05, 0) is 12.1 Å². The summed E-state index contributed by atoms with van der Waals surface area (Å²) in [5.41, 5.74) is 5.02. The highest BCUT2D eigenvalue weighted by Gasteiger charge is 2.08. The van der Waals surface area contributed by atoms with Crippen LogP contribution < -0.4 is 5.73 Å². The monoisotopic (exact) mass is 205 g/mol. The molecule has 0 unspecified atom stereocenters. The van der Waals surface area contributed by atoms with Crippen molar-refractivity contribution in [2.24, 2.45) is 5.73 Å². The first kappa shape index (κ1) is 10.5. The third-order valence-electron chi connectivity index (χ3n) is 1.73. The lowest BCUT2D eigenvalue weighted by Crippen LogP contribution is -1.99. The van der Waals surface area contributed by atoms with Crippen molar-refractivity contribution in [1.29, 1.82) is 5.26 Å². The molecule has 1 aromatic carbocycles. The van der Waals surface area contributed by atoms with Crippen LogP contribution in [-0.2, 0) is 0 Å². The van der Waals surface area contributed by atoms with E-state index in [0.29, 0.717) is 0 Å². The van der Waals surface area contributed by atoms with E-state index in [2.05, 4.69) is 0 Å². The second-order valence-corrected chi connectivity index (χ2v) is 2.68. The molecule has 0 aliphatic heterocycles. The largest absolute Gasteiger partial charge is 0.504 e. The minimum Gasteiger partial charge on any atom is -0.504 e. The molecule has 0 radical (unpaired) electrons. The highest BCUT2D eigenvalue weighted by Crippen LogP contribution is 2.17. The van der Waals surface area contributed by atoms with E-state index < -0.39 is 4.92 Å². The molecular formula is C9H7N3O3. The predicted molar refractivity (Wildman–Crippen MR) is 52.4 cm³/mol. The van der Waals surface area contributed by atoms with Gasteiger partial charge in [-0.15, -0.1) is 0 Å². The van der Waals surface area contributed by atoms with E-state index in [1.165, 1.54) is 24.3 Å². The zero-order valence-electron chi connectivity index (χ0n) is 7.54. The van der Waals surface area contributed by atoms with Gasteiger partial charge in [-0.1, -0.05) is 0 Å². The van der Waals surface area contributed by atoms with Crippen LogP contribution in [0.2, 0.25) is 0 Å². The molecule has 0 aliphatic rings. The zero-order chi connectivity index (χ0) is 11.4. The van der Waals surface area contributed by atoms with Gasteiger partial charge in [-0.25, -0.2) is 0 Å². The van der Waals surface area contributed by atoms with Crippen LogP contribution in [-0.4, -0.2) is 10.0 Å². The van der Waals surface area contributed by atoms with E-state index in [0.717, 1.165) is 0 Å². The number of allylic oxidation sites excluding steroid dienone is 1. The second kappa shape index (κ2) is 4.11. The lowest BCUT2D eigenvalue weighted by Gasteiger charge is -1.99. The van der Waals surface area contributed by atoms with Crippen molar-refractivity contribution in [3.8, 4) is 6.07 Å². The van der Waals surface area contributed by atoms with Crippen molar-refractivity contribution in [2.45, 2.75) is 0 Å². The van der Waals surface area contributed by atoms with Crippen LogP contribution in [0.1, 0.15) is 5.56 Å². The Balaban J connectivity index is 3.11. The molecule has 0 aliphatic carbocycles. The average molecular weight is 205 g/mol. The van der Waals surface area contributed by atoms with Crippen molar-refractivity contribution >= 4 is 11.4 Å². The van der Waals surface area contributed by atoms with Crippen LogP contribution in [0.15, 0.2) is 30.0 Å². The summed E-state index contributed by atoms with van der Waals surface area (Å²) < 4.78 is 0. The number of aliphatic hydroxyl groups is 1. The number of aliphatic hydroxyl groups excluding tert-OH is 1. The Morgan fingerprint density at radius 2 is 2.00 bits per heavy atom. The lowest BCUT2D eigenvalue weighted by molar-refractivity contribution is -0.384. The second-order valence-electron chi connectivity index (χ2n) is 2.68. The van der Waals surface area contributed by atoms with E-state index in [4.69, 9.17) is 11.0 Å². The number of benzene rings is 1. The number of nitro groups is 1. The number of nitrogens with zero attached hydrogens (tertiary/aromatic N) is 2. The third-order valence-corrected chi connectivity index (χ3v) is 1.73. The molecule has 0 spiro atoms. The van der Waals surface area contributed by atoms with Crippen LogP contribution in [0.5, 0.6) is 0 Å². The molecule has 0 bridgehead atoms. The normalized spacial score (nSPS) is 11.4. The fourth-order valence-corrected chi connectivity index (χ4v) is 0.949. The molecule has 3 N–H and O–H groups in total. The molecule has 76 valence electrons. The third kappa shape index (κ3) is 2.22. The molecular weight excluding hydrogens is 198 g/mol. The standard InChI is InChI=1S/C9H7N3O3/c10-5-8(11)9(13)6-1-3-7(4-2-6)12(14)15/h1-4,13H,11H2/b9-8-. The first-order valence-electron chi connectivity index (χ1n) is 3.90. The van der Waals surface area contributed by atoms with E-state index in [1.54, 1.807) is 6.07 Å². The summed E-state index contributed by atoms with van der Waals surface area (Å²) in [4.78, 5) is 9.77. The molecule has 0 saturated carbocycles. The number of nitrogens with two attached hydrogens (primary N) is 1. The Morgan fingerprint density at radius 1 is 1.47 bits per heavy atom. The molecule has 0 atom stereocenters. The number of hydrogen-bond acceptors (Lipinski definition) is 5. The minimum atomic E-state index is -0.557. The quantitative estimate of drug-likeness (QED) is 0.327. The van der Waals surface area contributed by atoms with E-state index in [-0.39, 0.29) is 22.7 Å². The van der Waals surface area contributed by atoms with Crippen LogP contribution in [0.3, 0.4) is 0 Å². The van der Waals surface area contributed by atoms with E-state index in [9.17, 15) is 15.2 Å². The lowest BCUT2D eigenvalue weighted by atomic mass is 10.1. The van der Waals surface area contributed by atoms with Gasteiger partial charge in [0.2, 0.25) is 0 Å². The Morgan fingerprint density at radius 3 is 2.40 bits per heavy atom. The summed E-state index contributed by atoms with van der Waals surface area (Å²) in [7, 11) is 0. The van der Waals surface area contributed by atoms with E-state index in [1.807, 2.05) is 0 Å². The maximum Gasteiger partial charge on any atom is 0.269 e. The maximum atomic E-state index is 10.3. The number of non-ortho nitro benzene ring substituents is 1. The van der Waals surface area contributed by atoms with Gasteiger partial charge >= 0.3 is 0 Å². The molecule has 6 heteroatoms. The van der Waals surface area contributed by atoms with Gasteiger partial charge in [-0.2, -0.15) is 5.26 Å².